The van der Waals surface area contributed by atoms with Gasteiger partial charge in [0.1, 0.15) is 5.69 Å². The molecule has 3 heterocycles. The Kier molecular flexibility index (Phi) is 7.58. The van der Waals surface area contributed by atoms with Gasteiger partial charge >= 0.3 is 10.2 Å². The number of nitrogens with zero attached hydrogens (tertiary/aromatic N) is 6. The first-order valence-corrected chi connectivity index (χ1v) is 13.2. The molecule has 0 amide bonds. The lowest BCUT2D eigenvalue weighted by molar-refractivity contribution is 0.378. The van der Waals surface area contributed by atoms with E-state index < -0.39 is 10.2 Å². The van der Waals surface area contributed by atoms with Gasteiger partial charge in [-0.2, -0.15) is 13.1 Å². The third-order valence-corrected chi connectivity index (χ3v) is 6.49. The average Bonchev–Trinajstić information content (AvgIpc) is 3.50. The standard InChI is InChI=1S/C24H20ClN9O4S/c1-37-18-9-5-6-10-19(18)38-20-21(25)28-22(16-11-12-26-17(13-16)23-30-33-34-31-23)29-24(20)32-39(35,36)27-14-15-7-3-2-4-8-15/h2-13,27H,14H2,1H3,(H,28,29,32)(H,30,31,33,34). The highest BCUT2D eigenvalue weighted by atomic mass is 35.5. The van der Waals surface area contributed by atoms with Gasteiger partial charge in [0.15, 0.2) is 34.1 Å². The Hall–Kier alpha value is -4.66. The van der Waals surface area contributed by atoms with Crippen LogP contribution in [0.2, 0.25) is 5.15 Å². The highest BCUT2D eigenvalue weighted by molar-refractivity contribution is 7.90. The Morgan fingerprint density at radius 3 is 2.51 bits per heavy atom. The number of hydrogen-bond acceptors (Lipinski definition) is 10. The van der Waals surface area contributed by atoms with Crippen LogP contribution < -0.4 is 18.9 Å². The summed E-state index contributed by atoms with van der Waals surface area (Å²) < 4.78 is 42.3. The topological polar surface area (TPSA) is 170 Å². The minimum Gasteiger partial charge on any atom is -0.493 e. The fraction of sp³-hybridized carbons (Fsp3) is 0.0833. The molecule has 0 aliphatic carbocycles. The number of halogens is 1. The maximum Gasteiger partial charge on any atom is 0.300 e. The number of tetrazole rings is 1. The van der Waals surface area contributed by atoms with Gasteiger partial charge in [0, 0.05) is 18.3 Å². The minimum absolute atomic E-state index is 0.0451. The number of anilines is 1. The molecular weight excluding hydrogens is 546 g/mol. The molecule has 39 heavy (non-hydrogen) atoms. The number of nitrogens with one attached hydrogen (secondary N) is 3. The van der Waals surface area contributed by atoms with Gasteiger partial charge in [0.25, 0.3) is 0 Å². The Bertz CT molecular complexity index is 1690. The van der Waals surface area contributed by atoms with Crippen molar-refractivity contribution >= 4 is 27.6 Å². The smallest absolute Gasteiger partial charge is 0.300 e. The molecule has 0 saturated carbocycles. The van der Waals surface area contributed by atoms with E-state index in [2.05, 4.69) is 45.0 Å². The van der Waals surface area contributed by atoms with Crippen LogP contribution >= 0.6 is 11.6 Å². The normalized spacial score (nSPS) is 11.2. The van der Waals surface area contributed by atoms with Crippen molar-refractivity contribution in [3.8, 4) is 40.2 Å². The quantitative estimate of drug-likeness (QED) is 0.212. The zero-order valence-corrected chi connectivity index (χ0v) is 21.8. The summed E-state index contributed by atoms with van der Waals surface area (Å²) in [5.74, 6) is 0.780. The number of ether oxygens (including phenoxy) is 2. The van der Waals surface area contributed by atoms with Crippen LogP contribution in [0, 0.1) is 0 Å². The number of hydrogen-bond donors (Lipinski definition) is 3. The molecule has 198 valence electrons. The van der Waals surface area contributed by atoms with E-state index in [1.165, 1.54) is 13.3 Å². The summed E-state index contributed by atoms with van der Waals surface area (Å²) in [6, 6.07) is 19.1. The van der Waals surface area contributed by atoms with Gasteiger partial charge in [0.2, 0.25) is 5.75 Å². The highest BCUT2D eigenvalue weighted by Gasteiger charge is 2.23. The SMILES string of the molecule is COc1ccccc1Oc1c(Cl)nc(-c2ccnc(-c3nnn[nH]3)c2)nc1NS(=O)(=O)NCc1ccccc1. The lowest BCUT2D eigenvalue weighted by Gasteiger charge is -2.16. The summed E-state index contributed by atoms with van der Waals surface area (Å²) in [7, 11) is -2.65. The maximum atomic E-state index is 13.0. The molecule has 0 atom stereocenters. The van der Waals surface area contributed by atoms with Gasteiger partial charge in [-0.15, -0.1) is 5.10 Å². The summed E-state index contributed by atoms with van der Waals surface area (Å²) in [6.45, 7) is 0.0451. The Morgan fingerprint density at radius 2 is 1.77 bits per heavy atom. The van der Waals surface area contributed by atoms with Crippen LogP contribution in [0.15, 0.2) is 72.9 Å². The van der Waals surface area contributed by atoms with Gasteiger partial charge < -0.3 is 9.47 Å². The summed E-state index contributed by atoms with van der Waals surface area (Å²) in [5.41, 5.74) is 1.65. The second kappa shape index (κ2) is 11.4. The minimum atomic E-state index is -4.13. The number of pyridine rings is 1. The second-order valence-electron chi connectivity index (χ2n) is 7.86. The molecule has 2 aromatic carbocycles. The summed E-state index contributed by atoms with van der Waals surface area (Å²) in [6.07, 6.45) is 1.51. The number of aromatic nitrogens is 7. The van der Waals surface area contributed by atoms with Crippen molar-refractivity contribution < 1.29 is 17.9 Å². The first-order valence-electron chi connectivity index (χ1n) is 11.3. The lowest BCUT2D eigenvalue weighted by Crippen LogP contribution is -2.30. The Labute approximate surface area is 227 Å². The maximum absolute atomic E-state index is 13.0. The molecule has 5 rings (SSSR count). The number of H-pyrrole nitrogens is 1. The molecular formula is C24H20ClN9O4S. The Balaban J connectivity index is 1.53. The lowest BCUT2D eigenvalue weighted by atomic mass is 10.2. The molecule has 0 aliphatic rings. The number of benzene rings is 2. The third kappa shape index (κ3) is 6.26. The van der Waals surface area contributed by atoms with Crippen LogP contribution in [0.1, 0.15) is 5.56 Å². The predicted molar refractivity (Wildman–Crippen MR) is 142 cm³/mol. The van der Waals surface area contributed by atoms with Crippen LogP contribution in [0.25, 0.3) is 22.9 Å². The van der Waals surface area contributed by atoms with Gasteiger partial charge in [0.05, 0.1) is 7.11 Å². The van der Waals surface area contributed by atoms with Crippen molar-refractivity contribution in [3.05, 3.63) is 83.6 Å². The van der Waals surface area contributed by atoms with Crippen molar-refractivity contribution in [1.29, 1.82) is 0 Å². The molecule has 0 unspecified atom stereocenters. The van der Waals surface area contributed by atoms with Crippen LogP contribution in [0.4, 0.5) is 5.82 Å². The largest absolute Gasteiger partial charge is 0.493 e. The van der Waals surface area contributed by atoms with Crippen molar-refractivity contribution in [3.63, 3.8) is 0 Å². The molecule has 13 nitrogen and oxygen atoms in total. The predicted octanol–water partition coefficient (Wildman–Crippen LogP) is 3.62. The molecule has 15 heteroatoms. The first kappa shape index (κ1) is 26.0. The fourth-order valence-electron chi connectivity index (χ4n) is 3.43. The number of aromatic amines is 1. The van der Waals surface area contributed by atoms with E-state index in [4.69, 9.17) is 21.1 Å². The fourth-order valence-corrected chi connectivity index (χ4v) is 4.46. The van der Waals surface area contributed by atoms with Gasteiger partial charge in [-0.3, -0.25) is 9.71 Å². The van der Waals surface area contributed by atoms with E-state index >= 15 is 0 Å². The van der Waals surface area contributed by atoms with Gasteiger partial charge in [-0.05, 0) is 40.3 Å². The van der Waals surface area contributed by atoms with Crippen molar-refractivity contribution in [1.82, 2.24) is 40.3 Å². The van der Waals surface area contributed by atoms with Crippen molar-refractivity contribution in [2.24, 2.45) is 0 Å². The molecule has 0 spiro atoms. The van der Waals surface area contributed by atoms with E-state index in [0.717, 1.165) is 5.56 Å². The zero-order chi connectivity index (χ0) is 27.2. The van der Waals surface area contributed by atoms with Crippen LogP contribution in [0.5, 0.6) is 17.2 Å². The third-order valence-electron chi connectivity index (χ3n) is 5.25. The molecule has 3 N–H and O–H groups in total. The molecule has 0 bridgehead atoms. The van der Waals surface area contributed by atoms with Crippen LogP contribution in [0.3, 0.4) is 0 Å². The first-order chi connectivity index (χ1) is 18.9. The summed E-state index contributed by atoms with van der Waals surface area (Å²) in [5, 5.41) is 13.4. The molecule has 0 radical (unpaired) electrons. The van der Waals surface area contributed by atoms with E-state index in [9.17, 15) is 8.42 Å². The summed E-state index contributed by atoms with van der Waals surface area (Å²) >= 11 is 6.54. The average molecular weight is 566 g/mol. The molecule has 3 aromatic heterocycles. The van der Waals surface area contributed by atoms with Crippen LogP contribution in [-0.2, 0) is 16.8 Å². The van der Waals surface area contributed by atoms with E-state index in [0.29, 0.717) is 22.8 Å². The molecule has 5 aromatic rings. The molecule has 0 saturated heterocycles. The number of methoxy groups -OCH3 is 1. The van der Waals surface area contributed by atoms with Crippen LogP contribution in [-0.4, -0.2) is 51.1 Å². The van der Waals surface area contributed by atoms with E-state index in [1.807, 2.05) is 18.2 Å². The highest BCUT2D eigenvalue weighted by Crippen LogP contribution is 2.39. The summed E-state index contributed by atoms with van der Waals surface area (Å²) in [4.78, 5) is 13.0. The van der Waals surface area contributed by atoms with E-state index in [-0.39, 0.29) is 34.8 Å². The van der Waals surface area contributed by atoms with Gasteiger partial charge in [-0.25, -0.2) is 15.1 Å². The van der Waals surface area contributed by atoms with Crippen molar-refractivity contribution in [2.45, 2.75) is 6.54 Å². The molecule has 0 aliphatic heterocycles. The monoisotopic (exact) mass is 565 g/mol. The van der Waals surface area contributed by atoms with E-state index in [1.54, 1.807) is 48.5 Å². The number of rotatable bonds is 10. The molecule has 0 fully saturated rings. The van der Waals surface area contributed by atoms with Gasteiger partial charge in [-0.1, -0.05) is 54.1 Å². The number of para-hydroxylation sites is 2. The second-order valence-corrected chi connectivity index (χ2v) is 9.72. The van der Waals surface area contributed by atoms with Crippen molar-refractivity contribution in [2.75, 3.05) is 11.8 Å². The Morgan fingerprint density at radius 1 is 1.00 bits per heavy atom. The zero-order valence-electron chi connectivity index (χ0n) is 20.2.